The molecule has 1 unspecified atom stereocenters. The molecule has 0 radical (unpaired) electrons. The summed E-state index contributed by atoms with van der Waals surface area (Å²) in [6.45, 7) is 2.14. The summed E-state index contributed by atoms with van der Waals surface area (Å²) < 4.78 is 37.5. The lowest BCUT2D eigenvalue weighted by atomic mass is 10.2. The van der Waals surface area contributed by atoms with Crippen molar-refractivity contribution in [2.75, 3.05) is 43.4 Å². The Bertz CT molecular complexity index is 496. The molecule has 5 nitrogen and oxygen atoms in total. The van der Waals surface area contributed by atoms with E-state index in [0.29, 0.717) is 36.3 Å². The third-order valence-electron chi connectivity index (χ3n) is 3.48. The average molecular weight is 324 g/mol. The molecule has 0 aromatic carbocycles. The minimum atomic E-state index is -4.18. The van der Waals surface area contributed by atoms with Crippen LogP contribution in [0.4, 0.5) is 24.7 Å². The third kappa shape index (κ3) is 3.88. The van der Waals surface area contributed by atoms with Crippen LogP contribution < -0.4 is 10.2 Å². The lowest BCUT2D eigenvalue weighted by Gasteiger charge is -2.41. The first-order valence-electron chi connectivity index (χ1n) is 6.56. The van der Waals surface area contributed by atoms with Crippen molar-refractivity contribution in [3.05, 3.63) is 11.5 Å². The molecule has 1 aliphatic rings. The van der Waals surface area contributed by atoms with Gasteiger partial charge in [0.05, 0.1) is 6.54 Å². The lowest BCUT2D eigenvalue weighted by Crippen LogP contribution is -2.54. The van der Waals surface area contributed by atoms with Gasteiger partial charge in [0, 0.05) is 32.7 Å². The standard InChI is InChI=1S/C12H17ClF3N5/c1-8-5-20(3-4-21(8)6-12(14,15)16)11-9(17-2)10(13)18-7-19-11/h7-8,17H,3-6H2,1-2H3. The molecule has 2 heterocycles. The van der Waals surface area contributed by atoms with Crippen LogP contribution >= 0.6 is 11.6 Å². The van der Waals surface area contributed by atoms with Crippen molar-refractivity contribution in [2.45, 2.75) is 19.1 Å². The second kappa shape index (κ2) is 6.23. The summed E-state index contributed by atoms with van der Waals surface area (Å²) in [5, 5.41) is 3.23. The van der Waals surface area contributed by atoms with E-state index in [1.54, 1.807) is 14.0 Å². The summed E-state index contributed by atoms with van der Waals surface area (Å²) in [7, 11) is 1.71. The number of nitrogens with zero attached hydrogens (tertiary/aromatic N) is 4. The van der Waals surface area contributed by atoms with Crippen LogP contribution in [0, 0.1) is 0 Å². The molecule has 1 fully saturated rings. The molecule has 0 aliphatic carbocycles. The molecule has 2 rings (SSSR count). The fraction of sp³-hybridized carbons (Fsp3) is 0.667. The quantitative estimate of drug-likeness (QED) is 0.864. The molecule has 9 heteroatoms. The van der Waals surface area contributed by atoms with Gasteiger partial charge in [0.2, 0.25) is 0 Å². The Morgan fingerprint density at radius 1 is 1.38 bits per heavy atom. The van der Waals surface area contributed by atoms with Crippen LogP contribution in [0.25, 0.3) is 0 Å². The maximum Gasteiger partial charge on any atom is 0.401 e. The van der Waals surface area contributed by atoms with Crippen LogP contribution in [0.15, 0.2) is 6.33 Å². The number of anilines is 2. The molecule has 1 aliphatic heterocycles. The van der Waals surface area contributed by atoms with Gasteiger partial charge in [0.1, 0.15) is 12.0 Å². The van der Waals surface area contributed by atoms with Gasteiger partial charge in [-0.25, -0.2) is 9.97 Å². The maximum absolute atomic E-state index is 12.5. The van der Waals surface area contributed by atoms with Crippen molar-refractivity contribution < 1.29 is 13.2 Å². The topological polar surface area (TPSA) is 44.3 Å². The van der Waals surface area contributed by atoms with E-state index in [4.69, 9.17) is 11.6 Å². The van der Waals surface area contributed by atoms with E-state index in [1.807, 2.05) is 4.90 Å². The number of alkyl halides is 3. The Kier molecular flexibility index (Phi) is 4.77. The van der Waals surface area contributed by atoms with Crippen molar-refractivity contribution in [3.63, 3.8) is 0 Å². The summed E-state index contributed by atoms with van der Waals surface area (Å²) in [6, 6.07) is -0.223. The summed E-state index contributed by atoms with van der Waals surface area (Å²) in [5.41, 5.74) is 0.593. The number of halogens is 4. The zero-order valence-corrected chi connectivity index (χ0v) is 12.5. The highest BCUT2D eigenvalue weighted by molar-refractivity contribution is 6.32. The Labute approximate surface area is 126 Å². The van der Waals surface area contributed by atoms with Crippen LogP contribution in [-0.2, 0) is 0 Å². The van der Waals surface area contributed by atoms with Crippen LogP contribution in [0.1, 0.15) is 6.92 Å². The minimum Gasteiger partial charge on any atom is -0.383 e. The zero-order valence-electron chi connectivity index (χ0n) is 11.8. The van der Waals surface area contributed by atoms with Gasteiger partial charge in [-0.3, -0.25) is 4.90 Å². The first-order chi connectivity index (χ1) is 9.81. The van der Waals surface area contributed by atoms with Gasteiger partial charge in [0.25, 0.3) is 0 Å². The molecule has 1 aromatic heterocycles. The van der Waals surface area contributed by atoms with Crippen LogP contribution in [0.2, 0.25) is 5.15 Å². The average Bonchev–Trinajstić information content (AvgIpc) is 2.39. The first-order valence-corrected chi connectivity index (χ1v) is 6.93. The van der Waals surface area contributed by atoms with E-state index in [-0.39, 0.29) is 6.04 Å². The predicted octanol–water partition coefficient (Wildman–Crippen LogP) is 2.24. The van der Waals surface area contributed by atoms with Gasteiger partial charge in [-0.05, 0) is 6.92 Å². The van der Waals surface area contributed by atoms with Crippen molar-refractivity contribution in [1.29, 1.82) is 0 Å². The van der Waals surface area contributed by atoms with Crippen molar-refractivity contribution in [2.24, 2.45) is 0 Å². The number of nitrogens with one attached hydrogen (secondary N) is 1. The van der Waals surface area contributed by atoms with Crippen molar-refractivity contribution >= 4 is 23.1 Å². The SMILES string of the molecule is CNc1c(Cl)ncnc1N1CCN(CC(F)(F)F)C(C)C1. The third-order valence-corrected chi connectivity index (χ3v) is 3.76. The summed E-state index contributed by atoms with van der Waals surface area (Å²) in [6.07, 6.45) is -2.82. The van der Waals surface area contributed by atoms with Gasteiger partial charge < -0.3 is 10.2 Å². The highest BCUT2D eigenvalue weighted by Gasteiger charge is 2.35. The van der Waals surface area contributed by atoms with Crippen LogP contribution in [-0.4, -0.2) is 60.3 Å². The van der Waals surface area contributed by atoms with Gasteiger partial charge >= 0.3 is 6.18 Å². The molecule has 1 aromatic rings. The smallest absolute Gasteiger partial charge is 0.383 e. The highest BCUT2D eigenvalue weighted by Crippen LogP contribution is 2.30. The van der Waals surface area contributed by atoms with Gasteiger partial charge in [-0.15, -0.1) is 0 Å². The Morgan fingerprint density at radius 3 is 2.67 bits per heavy atom. The van der Waals surface area contributed by atoms with Gasteiger partial charge in [-0.2, -0.15) is 13.2 Å². The molecule has 118 valence electrons. The second-order valence-corrected chi connectivity index (χ2v) is 5.35. The largest absolute Gasteiger partial charge is 0.401 e. The van der Waals surface area contributed by atoms with E-state index in [0.717, 1.165) is 0 Å². The van der Waals surface area contributed by atoms with E-state index in [1.165, 1.54) is 11.2 Å². The molecule has 0 saturated carbocycles. The maximum atomic E-state index is 12.5. The van der Waals surface area contributed by atoms with E-state index >= 15 is 0 Å². The lowest BCUT2D eigenvalue weighted by molar-refractivity contribution is -0.150. The van der Waals surface area contributed by atoms with Crippen molar-refractivity contribution in [3.8, 4) is 0 Å². The minimum absolute atomic E-state index is 0.223. The molecule has 21 heavy (non-hydrogen) atoms. The van der Waals surface area contributed by atoms with E-state index in [2.05, 4.69) is 15.3 Å². The van der Waals surface area contributed by atoms with Crippen LogP contribution in [0.5, 0.6) is 0 Å². The zero-order chi connectivity index (χ0) is 15.6. The molecule has 1 saturated heterocycles. The number of hydrogen-bond acceptors (Lipinski definition) is 5. The highest BCUT2D eigenvalue weighted by atomic mass is 35.5. The molecule has 1 N–H and O–H groups in total. The Morgan fingerprint density at radius 2 is 2.10 bits per heavy atom. The fourth-order valence-electron chi connectivity index (χ4n) is 2.46. The fourth-order valence-corrected chi connectivity index (χ4v) is 2.69. The van der Waals surface area contributed by atoms with Gasteiger partial charge in [-0.1, -0.05) is 11.6 Å². The second-order valence-electron chi connectivity index (χ2n) is 4.99. The summed E-state index contributed by atoms with van der Waals surface area (Å²) in [4.78, 5) is 11.4. The molecular weight excluding hydrogens is 307 g/mol. The number of hydrogen-bond donors (Lipinski definition) is 1. The molecule has 1 atom stereocenters. The summed E-state index contributed by atoms with van der Waals surface area (Å²) >= 11 is 6.00. The Hall–Kier alpha value is -1.28. The molecule has 0 spiro atoms. The Balaban J connectivity index is 2.11. The van der Waals surface area contributed by atoms with Gasteiger partial charge in [0.15, 0.2) is 11.0 Å². The normalized spacial score (nSPS) is 20.7. The van der Waals surface area contributed by atoms with E-state index in [9.17, 15) is 13.2 Å². The number of aromatic nitrogens is 2. The predicted molar refractivity (Wildman–Crippen MR) is 75.9 cm³/mol. The monoisotopic (exact) mass is 323 g/mol. The molecule has 0 amide bonds. The van der Waals surface area contributed by atoms with Crippen molar-refractivity contribution in [1.82, 2.24) is 14.9 Å². The first kappa shape index (κ1) is 16.1. The number of rotatable bonds is 3. The summed E-state index contributed by atoms with van der Waals surface area (Å²) in [5.74, 6) is 0.621. The molecular formula is C12H17ClF3N5. The number of piperazine rings is 1. The van der Waals surface area contributed by atoms with E-state index < -0.39 is 12.7 Å². The molecule has 0 bridgehead atoms. The van der Waals surface area contributed by atoms with Crippen LogP contribution in [0.3, 0.4) is 0 Å².